The largest absolute Gasteiger partial charge is 0.444 e. The zero-order valence-corrected chi connectivity index (χ0v) is 26.4. The van der Waals surface area contributed by atoms with Crippen LogP contribution in [0.25, 0.3) is 0 Å². The first-order chi connectivity index (χ1) is 20.2. The van der Waals surface area contributed by atoms with Gasteiger partial charge in [0, 0.05) is 17.5 Å². The predicted octanol–water partition coefficient (Wildman–Crippen LogP) is 3.57. The van der Waals surface area contributed by atoms with Crippen molar-refractivity contribution in [2.24, 2.45) is 5.92 Å². The first-order valence-electron chi connectivity index (χ1n) is 14.8. The van der Waals surface area contributed by atoms with Crippen LogP contribution in [0.3, 0.4) is 0 Å². The van der Waals surface area contributed by atoms with Crippen molar-refractivity contribution < 1.29 is 32.3 Å². The summed E-state index contributed by atoms with van der Waals surface area (Å²) in [6.45, 7) is 5.52. The third kappa shape index (κ3) is 8.72. The van der Waals surface area contributed by atoms with E-state index in [1.54, 1.807) is 39.0 Å². The second kappa shape index (κ2) is 13.3. The van der Waals surface area contributed by atoms with Crippen molar-refractivity contribution in [3.63, 3.8) is 0 Å². The first kappa shape index (κ1) is 32.8. The maximum absolute atomic E-state index is 13.7. The summed E-state index contributed by atoms with van der Waals surface area (Å²) in [6.07, 6.45) is 7.69. The molecule has 2 fully saturated rings. The molecule has 0 unspecified atom stereocenters. The molecule has 43 heavy (non-hydrogen) atoms. The number of ether oxygens (including phenoxy) is 1. The lowest BCUT2D eigenvalue weighted by molar-refractivity contribution is -0.141. The van der Waals surface area contributed by atoms with Gasteiger partial charge in [-0.2, -0.15) is 0 Å². The molecule has 1 aromatic carbocycles. The zero-order valence-electron chi connectivity index (χ0n) is 24.9. The molecule has 1 aromatic rings. The van der Waals surface area contributed by atoms with Crippen molar-refractivity contribution in [2.75, 3.05) is 6.54 Å². The van der Waals surface area contributed by atoms with Crippen LogP contribution in [0.4, 0.5) is 4.79 Å². The molecule has 0 radical (unpaired) electrons. The van der Waals surface area contributed by atoms with E-state index in [9.17, 15) is 27.6 Å². The van der Waals surface area contributed by atoms with Gasteiger partial charge >= 0.3 is 6.09 Å². The molecule has 4 amide bonds. The Balaban J connectivity index is 1.53. The number of hydrogen-bond acceptors (Lipinski definition) is 7. The number of benzene rings is 1. The van der Waals surface area contributed by atoms with E-state index in [0.717, 1.165) is 12.8 Å². The Bertz CT molecular complexity index is 1380. The highest BCUT2D eigenvalue weighted by Gasteiger charge is 2.61. The molecule has 2 aliphatic heterocycles. The number of hydrogen-bond donors (Lipinski definition) is 3. The molecule has 4 rings (SSSR count). The molecule has 3 N–H and O–H groups in total. The van der Waals surface area contributed by atoms with Gasteiger partial charge in [0.15, 0.2) is 0 Å². The fourth-order valence-electron chi connectivity index (χ4n) is 5.66. The second-order valence-electron chi connectivity index (χ2n) is 12.5. The first-order valence-corrected chi connectivity index (χ1v) is 16.8. The average Bonchev–Trinajstić information content (AvgIpc) is 3.35. The number of carbonyl (C=O) groups excluding carboxylic acids is 4. The Hall–Kier alpha value is -3.12. The molecule has 1 saturated carbocycles. The van der Waals surface area contributed by atoms with Gasteiger partial charge in [0.25, 0.3) is 5.91 Å². The SMILES string of the molecule is CC(C)(C)OC(=O)N[C@H]1CCCCCC=C[C@@H]2C[C@@]2(C(=O)NS(=O)(=O)Cc2cccc(Cl)c2)NC(=O)[C@@H]2CCCN2C1=O. The molecular weight excluding hydrogens is 596 g/mol. The van der Waals surface area contributed by atoms with E-state index < -0.39 is 62.8 Å². The fourth-order valence-corrected chi connectivity index (χ4v) is 7.03. The Labute approximate surface area is 258 Å². The van der Waals surface area contributed by atoms with Gasteiger partial charge in [-0.1, -0.05) is 48.7 Å². The van der Waals surface area contributed by atoms with Crippen LogP contribution in [0.2, 0.25) is 5.02 Å². The van der Waals surface area contributed by atoms with Crippen LogP contribution in [0, 0.1) is 5.92 Å². The third-order valence-corrected chi connectivity index (χ3v) is 9.26. The third-order valence-electron chi connectivity index (χ3n) is 7.82. The van der Waals surface area contributed by atoms with E-state index in [1.807, 2.05) is 12.2 Å². The van der Waals surface area contributed by atoms with E-state index in [-0.39, 0.29) is 12.3 Å². The van der Waals surface area contributed by atoms with Crippen LogP contribution in [-0.2, 0) is 34.9 Å². The minimum atomic E-state index is -4.10. The van der Waals surface area contributed by atoms with E-state index in [4.69, 9.17) is 16.3 Å². The highest BCUT2D eigenvalue weighted by atomic mass is 35.5. The van der Waals surface area contributed by atoms with Gasteiger partial charge < -0.3 is 20.3 Å². The van der Waals surface area contributed by atoms with Crippen molar-refractivity contribution in [1.29, 1.82) is 0 Å². The molecule has 0 spiro atoms. The van der Waals surface area contributed by atoms with E-state index in [0.29, 0.717) is 49.2 Å². The van der Waals surface area contributed by atoms with Crippen molar-refractivity contribution in [3.8, 4) is 0 Å². The molecule has 2 heterocycles. The number of sulfonamides is 1. The highest BCUT2D eigenvalue weighted by molar-refractivity contribution is 7.89. The fraction of sp³-hybridized carbons (Fsp3) is 0.600. The molecule has 1 saturated heterocycles. The number of alkyl carbamates (subject to hydrolysis) is 1. The van der Waals surface area contributed by atoms with Crippen molar-refractivity contribution >= 4 is 45.4 Å². The molecule has 11 nitrogen and oxygen atoms in total. The van der Waals surface area contributed by atoms with Gasteiger partial charge in [-0.05, 0) is 77.0 Å². The summed E-state index contributed by atoms with van der Waals surface area (Å²) >= 11 is 5.99. The number of nitrogens with zero attached hydrogens (tertiary/aromatic N) is 1. The minimum Gasteiger partial charge on any atom is -0.444 e. The van der Waals surface area contributed by atoms with Crippen LogP contribution >= 0.6 is 11.6 Å². The lowest BCUT2D eigenvalue weighted by atomic mass is 10.0. The van der Waals surface area contributed by atoms with Crippen LogP contribution in [0.5, 0.6) is 0 Å². The van der Waals surface area contributed by atoms with Crippen LogP contribution in [0.1, 0.15) is 77.7 Å². The Morgan fingerprint density at radius 3 is 2.63 bits per heavy atom. The number of carbonyl (C=O) groups is 4. The highest BCUT2D eigenvalue weighted by Crippen LogP contribution is 2.45. The summed E-state index contributed by atoms with van der Waals surface area (Å²) in [4.78, 5) is 54.9. The summed E-state index contributed by atoms with van der Waals surface area (Å²) in [5, 5.41) is 5.89. The van der Waals surface area contributed by atoms with E-state index in [1.165, 1.54) is 11.0 Å². The number of nitrogens with one attached hydrogen (secondary N) is 3. The van der Waals surface area contributed by atoms with Gasteiger partial charge in [-0.3, -0.25) is 19.1 Å². The quantitative estimate of drug-likeness (QED) is 0.418. The van der Waals surface area contributed by atoms with Crippen molar-refractivity contribution in [1.82, 2.24) is 20.3 Å². The number of rotatable bonds is 5. The number of halogens is 1. The summed E-state index contributed by atoms with van der Waals surface area (Å²) in [5.74, 6) is -2.58. The number of amides is 4. The Morgan fingerprint density at radius 1 is 1.14 bits per heavy atom. The molecule has 236 valence electrons. The Morgan fingerprint density at radius 2 is 1.91 bits per heavy atom. The lowest BCUT2D eigenvalue weighted by Crippen LogP contribution is -2.58. The molecular formula is C30H41ClN4O7S. The lowest BCUT2D eigenvalue weighted by Gasteiger charge is -2.30. The molecule has 0 bridgehead atoms. The summed E-state index contributed by atoms with van der Waals surface area (Å²) < 4.78 is 33.4. The van der Waals surface area contributed by atoms with Crippen LogP contribution in [0.15, 0.2) is 36.4 Å². The molecule has 1 aliphatic carbocycles. The summed E-state index contributed by atoms with van der Waals surface area (Å²) in [5.41, 5.74) is -1.79. The smallest absolute Gasteiger partial charge is 0.408 e. The Kier molecular flexibility index (Phi) is 10.1. The maximum atomic E-state index is 13.7. The number of fused-ring (bicyclic) bond motifs is 2. The van der Waals surface area contributed by atoms with Gasteiger partial charge in [-0.25, -0.2) is 13.2 Å². The zero-order chi connectivity index (χ0) is 31.4. The monoisotopic (exact) mass is 636 g/mol. The van der Waals surface area contributed by atoms with Gasteiger partial charge in [0.2, 0.25) is 21.8 Å². The molecule has 0 aromatic heterocycles. The predicted molar refractivity (Wildman–Crippen MR) is 161 cm³/mol. The van der Waals surface area contributed by atoms with Crippen molar-refractivity contribution in [3.05, 3.63) is 47.0 Å². The van der Waals surface area contributed by atoms with E-state index >= 15 is 0 Å². The topological polar surface area (TPSA) is 151 Å². The maximum Gasteiger partial charge on any atom is 0.408 e. The van der Waals surface area contributed by atoms with Crippen molar-refractivity contribution in [2.45, 2.75) is 101 Å². The van der Waals surface area contributed by atoms with Gasteiger partial charge in [0.05, 0.1) is 5.75 Å². The van der Waals surface area contributed by atoms with Gasteiger partial charge in [-0.15, -0.1) is 0 Å². The second-order valence-corrected chi connectivity index (χ2v) is 14.7. The average molecular weight is 637 g/mol. The minimum absolute atomic E-state index is 0.233. The number of allylic oxidation sites excluding steroid dienone is 1. The van der Waals surface area contributed by atoms with Crippen LogP contribution < -0.4 is 15.4 Å². The van der Waals surface area contributed by atoms with Crippen LogP contribution in [-0.4, -0.2) is 66.9 Å². The van der Waals surface area contributed by atoms with Gasteiger partial charge in [0.1, 0.15) is 23.2 Å². The molecule has 4 atom stereocenters. The summed E-state index contributed by atoms with van der Waals surface area (Å²) in [7, 11) is -4.10. The standard InChI is InChI=1S/C30H41ClN4O7S/c1-29(2,3)42-28(39)32-23-14-8-6-4-5-7-12-21-18-30(21,33-25(36)24-15-10-16-35(24)26(23)37)27(38)34-43(40,41)19-20-11-9-13-22(31)17-20/h7,9,11-13,17,21,23-24H,4-6,8,10,14-16,18-19H2,1-3H3,(H,32,39)(H,33,36)(H,34,38)/t21-,23+,24+,30-/m1/s1. The molecule has 13 heteroatoms. The normalized spacial score (nSPS) is 26.7. The van der Waals surface area contributed by atoms with E-state index in [2.05, 4.69) is 15.4 Å². The molecule has 3 aliphatic rings. The summed E-state index contributed by atoms with van der Waals surface area (Å²) in [6, 6.07) is 4.62.